The highest BCUT2D eigenvalue weighted by Crippen LogP contribution is 2.32. The van der Waals surface area contributed by atoms with E-state index in [9.17, 15) is 4.79 Å². The monoisotopic (exact) mass is 402 g/mol. The van der Waals surface area contributed by atoms with E-state index in [0.717, 1.165) is 42.6 Å². The minimum atomic E-state index is 0.0130. The second-order valence-corrected chi connectivity index (χ2v) is 7.69. The molecule has 4 rings (SSSR count). The molecular formula is C21H25ClN3O3+. The zero-order chi connectivity index (χ0) is 19.5. The van der Waals surface area contributed by atoms with Crippen LogP contribution in [0.2, 0.25) is 5.02 Å². The van der Waals surface area contributed by atoms with Crippen LogP contribution in [0.4, 0.5) is 11.4 Å². The van der Waals surface area contributed by atoms with Crippen molar-refractivity contribution in [2.45, 2.75) is 6.92 Å². The van der Waals surface area contributed by atoms with E-state index in [0.29, 0.717) is 25.5 Å². The number of nitrogens with one attached hydrogen (secondary N) is 2. The Labute approximate surface area is 170 Å². The lowest BCUT2D eigenvalue weighted by Crippen LogP contribution is -3.15. The van der Waals surface area contributed by atoms with Crippen LogP contribution in [0.1, 0.15) is 5.56 Å². The summed E-state index contributed by atoms with van der Waals surface area (Å²) in [6, 6.07) is 11.5. The van der Waals surface area contributed by atoms with Crippen molar-refractivity contribution in [3.05, 3.63) is 47.0 Å². The Kier molecular flexibility index (Phi) is 5.59. The average Bonchev–Trinajstić information content (AvgIpc) is 2.70. The van der Waals surface area contributed by atoms with Crippen LogP contribution in [-0.2, 0) is 4.79 Å². The smallest absolute Gasteiger partial charge is 0.279 e. The van der Waals surface area contributed by atoms with Crippen LogP contribution in [0.3, 0.4) is 0 Å². The molecule has 2 N–H and O–H groups in total. The normalized spacial score (nSPS) is 16.7. The second-order valence-electron chi connectivity index (χ2n) is 7.25. The van der Waals surface area contributed by atoms with Crippen LogP contribution in [0, 0.1) is 6.92 Å². The molecule has 0 unspecified atom stereocenters. The molecule has 1 amide bonds. The van der Waals surface area contributed by atoms with Crippen molar-refractivity contribution in [3.63, 3.8) is 0 Å². The first kappa shape index (κ1) is 18.9. The maximum absolute atomic E-state index is 12.5. The fraction of sp³-hybridized carbons (Fsp3) is 0.381. The second kappa shape index (κ2) is 8.29. The van der Waals surface area contributed by atoms with Gasteiger partial charge in [0.1, 0.15) is 13.2 Å². The summed E-state index contributed by atoms with van der Waals surface area (Å²) in [4.78, 5) is 16.1. The quantitative estimate of drug-likeness (QED) is 0.818. The molecule has 1 fully saturated rings. The number of ether oxygens (including phenoxy) is 2. The van der Waals surface area contributed by atoms with Gasteiger partial charge in [-0.2, -0.15) is 0 Å². The first-order valence-electron chi connectivity index (χ1n) is 9.63. The number of aryl methyl sites for hydroxylation is 1. The van der Waals surface area contributed by atoms with Crippen molar-refractivity contribution in [1.82, 2.24) is 0 Å². The van der Waals surface area contributed by atoms with E-state index in [4.69, 9.17) is 21.1 Å². The summed E-state index contributed by atoms with van der Waals surface area (Å²) in [5.41, 5.74) is 3.15. The average molecular weight is 403 g/mol. The summed E-state index contributed by atoms with van der Waals surface area (Å²) < 4.78 is 11.1. The van der Waals surface area contributed by atoms with Crippen LogP contribution in [0.15, 0.2) is 36.4 Å². The van der Waals surface area contributed by atoms with E-state index >= 15 is 0 Å². The predicted octanol–water partition coefficient (Wildman–Crippen LogP) is 1.76. The molecule has 2 aliphatic rings. The van der Waals surface area contributed by atoms with Gasteiger partial charge >= 0.3 is 0 Å². The third-order valence-electron chi connectivity index (χ3n) is 5.22. The van der Waals surface area contributed by atoms with E-state index < -0.39 is 0 Å². The largest absolute Gasteiger partial charge is 0.486 e. The number of carbonyl (C=O) groups excluding carboxylic acids is 1. The summed E-state index contributed by atoms with van der Waals surface area (Å²) in [5.74, 6) is 1.42. The lowest BCUT2D eigenvalue weighted by Gasteiger charge is -2.34. The van der Waals surface area contributed by atoms with Gasteiger partial charge in [-0.1, -0.05) is 17.7 Å². The maximum Gasteiger partial charge on any atom is 0.279 e. The van der Waals surface area contributed by atoms with Gasteiger partial charge in [0.05, 0.1) is 26.2 Å². The molecule has 148 valence electrons. The van der Waals surface area contributed by atoms with Gasteiger partial charge < -0.3 is 24.6 Å². The number of fused-ring (bicyclic) bond motifs is 1. The Bertz CT molecular complexity index is 866. The summed E-state index contributed by atoms with van der Waals surface area (Å²) in [6.07, 6.45) is 0. The standard InChI is InChI=1S/C21H24ClN3O3/c1-15-2-3-16(22)12-18(15)25-8-6-24(7-9-25)14-21(26)23-17-4-5-19-20(13-17)28-11-10-27-19/h2-5,12-13H,6-11,14H2,1H3,(H,23,26)/p+1. The van der Waals surface area contributed by atoms with Crippen LogP contribution < -0.4 is 24.6 Å². The zero-order valence-corrected chi connectivity index (χ0v) is 16.7. The van der Waals surface area contributed by atoms with Gasteiger partial charge in [-0.3, -0.25) is 4.79 Å². The summed E-state index contributed by atoms with van der Waals surface area (Å²) in [7, 11) is 0. The van der Waals surface area contributed by atoms with Gasteiger partial charge in [0.15, 0.2) is 18.0 Å². The predicted molar refractivity (Wildman–Crippen MR) is 110 cm³/mol. The number of hydrogen-bond acceptors (Lipinski definition) is 4. The SMILES string of the molecule is Cc1ccc(Cl)cc1N1CC[NH+](CC(=O)Nc2ccc3c(c2)OCCO3)CC1. The Hall–Kier alpha value is -2.44. The Balaban J connectivity index is 1.30. The van der Waals surface area contributed by atoms with E-state index in [-0.39, 0.29) is 5.91 Å². The zero-order valence-electron chi connectivity index (χ0n) is 16.0. The molecule has 0 aromatic heterocycles. The molecule has 2 aliphatic heterocycles. The molecule has 2 aromatic carbocycles. The maximum atomic E-state index is 12.5. The van der Waals surface area contributed by atoms with Crippen molar-refractivity contribution in [2.75, 3.05) is 56.2 Å². The number of hydrogen-bond donors (Lipinski definition) is 2. The molecule has 2 heterocycles. The Morgan fingerprint density at radius 2 is 1.86 bits per heavy atom. The number of nitrogens with zero attached hydrogens (tertiary/aromatic N) is 1. The van der Waals surface area contributed by atoms with Crippen LogP contribution in [0.5, 0.6) is 11.5 Å². The van der Waals surface area contributed by atoms with Gasteiger partial charge in [0.25, 0.3) is 5.91 Å². The lowest BCUT2D eigenvalue weighted by molar-refractivity contribution is -0.892. The molecule has 0 saturated carbocycles. The Morgan fingerprint density at radius 3 is 2.64 bits per heavy atom. The number of quaternary nitrogens is 1. The highest BCUT2D eigenvalue weighted by molar-refractivity contribution is 6.30. The fourth-order valence-electron chi connectivity index (χ4n) is 3.72. The first-order valence-corrected chi connectivity index (χ1v) is 10.0. The Morgan fingerprint density at radius 1 is 1.11 bits per heavy atom. The number of anilines is 2. The minimum absolute atomic E-state index is 0.0130. The van der Waals surface area contributed by atoms with Crippen molar-refractivity contribution in [2.24, 2.45) is 0 Å². The highest BCUT2D eigenvalue weighted by Gasteiger charge is 2.23. The molecule has 0 spiro atoms. The fourth-order valence-corrected chi connectivity index (χ4v) is 3.88. The van der Waals surface area contributed by atoms with Crippen molar-refractivity contribution in [1.29, 1.82) is 0 Å². The number of rotatable bonds is 4. The number of benzene rings is 2. The molecule has 28 heavy (non-hydrogen) atoms. The van der Waals surface area contributed by atoms with E-state index in [1.807, 2.05) is 30.3 Å². The van der Waals surface area contributed by atoms with Crippen LogP contribution in [0.25, 0.3) is 0 Å². The highest BCUT2D eigenvalue weighted by atomic mass is 35.5. The van der Waals surface area contributed by atoms with E-state index in [2.05, 4.69) is 23.2 Å². The molecule has 0 atom stereocenters. The van der Waals surface area contributed by atoms with Gasteiger partial charge in [-0.25, -0.2) is 0 Å². The molecular weight excluding hydrogens is 378 g/mol. The summed E-state index contributed by atoms with van der Waals surface area (Å²) in [5, 5.41) is 3.73. The molecule has 2 aromatic rings. The van der Waals surface area contributed by atoms with Crippen molar-refractivity contribution >= 4 is 28.9 Å². The molecule has 1 saturated heterocycles. The lowest BCUT2D eigenvalue weighted by atomic mass is 10.1. The van der Waals surface area contributed by atoms with Gasteiger partial charge in [-0.15, -0.1) is 0 Å². The molecule has 0 aliphatic carbocycles. The number of halogens is 1. The van der Waals surface area contributed by atoms with Crippen molar-refractivity contribution < 1.29 is 19.2 Å². The number of piperazine rings is 1. The van der Waals surface area contributed by atoms with E-state index in [1.165, 1.54) is 16.2 Å². The third-order valence-corrected chi connectivity index (χ3v) is 5.45. The molecule has 0 radical (unpaired) electrons. The van der Waals surface area contributed by atoms with E-state index in [1.54, 1.807) is 0 Å². The topological polar surface area (TPSA) is 55.2 Å². The molecule has 6 nitrogen and oxygen atoms in total. The summed E-state index contributed by atoms with van der Waals surface area (Å²) in [6.45, 7) is 7.30. The summed E-state index contributed by atoms with van der Waals surface area (Å²) >= 11 is 6.15. The van der Waals surface area contributed by atoms with Crippen LogP contribution >= 0.6 is 11.6 Å². The number of amides is 1. The third kappa shape index (κ3) is 4.34. The minimum Gasteiger partial charge on any atom is -0.486 e. The van der Waals surface area contributed by atoms with Gasteiger partial charge in [-0.05, 0) is 36.8 Å². The molecule has 0 bridgehead atoms. The van der Waals surface area contributed by atoms with Gasteiger partial charge in [0.2, 0.25) is 0 Å². The number of carbonyl (C=O) groups is 1. The first-order chi connectivity index (χ1) is 13.6. The van der Waals surface area contributed by atoms with Crippen LogP contribution in [-0.4, -0.2) is 51.8 Å². The molecule has 7 heteroatoms. The van der Waals surface area contributed by atoms with Gasteiger partial charge in [0, 0.05) is 22.5 Å². The van der Waals surface area contributed by atoms with Crippen molar-refractivity contribution in [3.8, 4) is 11.5 Å².